The highest BCUT2D eigenvalue weighted by Crippen LogP contribution is 2.25. The largest absolute Gasteiger partial charge is 0.306 e. The van der Waals surface area contributed by atoms with Gasteiger partial charge in [0.15, 0.2) is 0 Å². The minimum absolute atomic E-state index is 0.228. The number of rotatable bonds is 5. The Morgan fingerprint density at radius 1 is 1.39 bits per heavy atom. The normalized spacial score (nSPS) is 12.6. The Labute approximate surface area is 122 Å². The van der Waals surface area contributed by atoms with Gasteiger partial charge in [-0.15, -0.1) is 0 Å². The van der Waals surface area contributed by atoms with Gasteiger partial charge in [-0.05, 0) is 47.2 Å². The lowest BCUT2D eigenvalue weighted by Crippen LogP contribution is -2.23. The molecule has 0 aliphatic carbocycles. The summed E-state index contributed by atoms with van der Waals surface area (Å²) >= 11 is 2.39. The van der Waals surface area contributed by atoms with E-state index in [1.54, 1.807) is 0 Å². The molecule has 1 atom stereocenters. The molecule has 0 saturated heterocycles. The molecule has 1 aromatic carbocycles. The first-order chi connectivity index (χ1) is 8.72. The van der Waals surface area contributed by atoms with Gasteiger partial charge in [-0.3, -0.25) is 4.68 Å². The van der Waals surface area contributed by atoms with E-state index in [-0.39, 0.29) is 6.04 Å². The van der Waals surface area contributed by atoms with Gasteiger partial charge in [0.2, 0.25) is 0 Å². The minimum atomic E-state index is 0.228. The van der Waals surface area contributed by atoms with Gasteiger partial charge in [0, 0.05) is 22.4 Å². The van der Waals surface area contributed by atoms with Gasteiger partial charge in [0.25, 0.3) is 0 Å². The van der Waals surface area contributed by atoms with Crippen LogP contribution in [0.2, 0.25) is 0 Å². The number of halogens is 1. The van der Waals surface area contributed by atoms with E-state index in [0.717, 1.165) is 13.0 Å². The first kappa shape index (κ1) is 13.5. The van der Waals surface area contributed by atoms with Crippen molar-refractivity contribution in [1.29, 1.82) is 0 Å². The van der Waals surface area contributed by atoms with Crippen molar-refractivity contribution in [2.75, 3.05) is 6.54 Å². The van der Waals surface area contributed by atoms with E-state index >= 15 is 0 Å². The first-order valence-electron chi connectivity index (χ1n) is 6.18. The molecule has 2 aromatic rings. The van der Waals surface area contributed by atoms with Crippen LogP contribution in [0.5, 0.6) is 0 Å². The van der Waals surface area contributed by atoms with E-state index in [1.165, 1.54) is 14.7 Å². The van der Waals surface area contributed by atoms with E-state index in [4.69, 9.17) is 0 Å². The summed E-state index contributed by atoms with van der Waals surface area (Å²) in [6.07, 6.45) is 5.15. The highest BCUT2D eigenvalue weighted by atomic mass is 127. The van der Waals surface area contributed by atoms with Crippen molar-refractivity contribution in [3.63, 3.8) is 0 Å². The van der Waals surface area contributed by atoms with Crippen molar-refractivity contribution in [2.24, 2.45) is 7.05 Å². The van der Waals surface area contributed by atoms with Gasteiger partial charge in [-0.1, -0.05) is 25.1 Å². The highest BCUT2D eigenvalue weighted by Gasteiger charge is 2.16. The van der Waals surface area contributed by atoms with E-state index in [1.807, 2.05) is 17.9 Å². The smallest absolute Gasteiger partial charge is 0.0618 e. The number of hydrogen-bond acceptors (Lipinski definition) is 2. The standard InChI is InChI=1S/C14H18IN3/c1-3-8-16-14(11-9-17-18(2)10-11)12-6-4-5-7-13(12)15/h4-7,9-10,14,16H,3,8H2,1-2H3. The molecular formula is C14H18IN3. The molecule has 0 aliphatic heterocycles. The molecule has 3 nitrogen and oxygen atoms in total. The molecular weight excluding hydrogens is 337 g/mol. The summed E-state index contributed by atoms with van der Waals surface area (Å²) in [5.41, 5.74) is 2.54. The molecule has 96 valence electrons. The summed E-state index contributed by atoms with van der Waals surface area (Å²) < 4.78 is 3.14. The van der Waals surface area contributed by atoms with Crippen LogP contribution in [-0.4, -0.2) is 16.3 Å². The van der Waals surface area contributed by atoms with Crippen LogP contribution >= 0.6 is 22.6 Å². The Kier molecular flexibility index (Phi) is 4.77. The fourth-order valence-corrected chi connectivity index (χ4v) is 2.69. The third-order valence-electron chi connectivity index (χ3n) is 2.87. The lowest BCUT2D eigenvalue weighted by molar-refractivity contribution is 0.596. The number of benzene rings is 1. The second-order valence-electron chi connectivity index (χ2n) is 4.36. The van der Waals surface area contributed by atoms with Gasteiger partial charge < -0.3 is 5.32 Å². The van der Waals surface area contributed by atoms with Gasteiger partial charge in [-0.2, -0.15) is 5.10 Å². The van der Waals surface area contributed by atoms with Crippen molar-refractivity contribution >= 4 is 22.6 Å². The van der Waals surface area contributed by atoms with Crippen LogP contribution in [-0.2, 0) is 7.05 Å². The molecule has 0 fully saturated rings. The van der Waals surface area contributed by atoms with Crippen molar-refractivity contribution in [2.45, 2.75) is 19.4 Å². The fourth-order valence-electron chi connectivity index (χ4n) is 1.99. The number of nitrogens with zero attached hydrogens (tertiary/aromatic N) is 2. The zero-order valence-corrected chi connectivity index (χ0v) is 12.9. The summed E-state index contributed by atoms with van der Waals surface area (Å²) in [6.45, 7) is 3.19. The molecule has 1 N–H and O–H groups in total. The van der Waals surface area contributed by atoms with Crippen molar-refractivity contribution in [1.82, 2.24) is 15.1 Å². The van der Waals surface area contributed by atoms with Crippen molar-refractivity contribution in [3.8, 4) is 0 Å². The number of aromatic nitrogens is 2. The second kappa shape index (κ2) is 6.33. The summed E-state index contributed by atoms with van der Waals surface area (Å²) in [5.74, 6) is 0. The Hall–Kier alpha value is -0.880. The molecule has 1 unspecified atom stereocenters. The van der Waals surface area contributed by atoms with E-state index in [9.17, 15) is 0 Å². The predicted molar refractivity (Wildman–Crippen MR) is 82.5 cm³/mol. The summed E-state index contributed by atoms with van der Waals surface area (Å²) in [6, 6.07) is 8.72. The van der Waals surface area contributed by atoms with Crippen LogP contribution in [0.25, 0.3) is 0 Å². The lowest BCUT2D eigenvalue weighted by atomic mass is 10.0. The van der Waals surface area contributed by atoms with E-state index in [0.29, 0.717) is 0 Å². The SMILES string of the molecule is CCCNC(c1cnn(C)c1)c1ccccc1I. The third-order valence-corrected chi connectivity index (χ3v) is 3.86. The molecule has 1 heterocycles. The summed E-state index contributed by atoms with van der Waals surface area (Å²) in [7, 11) is 1.95. The van der Waals surface area contributed by atoms with Crippen molar-refractivity contribution in [3.05, 3.63) is 51.4 Å². The molecule has 0 amide bonds. The van der Waals surface area contributed by atoms with Gasteiger partial charge in [0.05, 0.1) is 12.2 Å². The van der Waals surface area contributed by atoms with Crippen LogP contribution in [0, 0.1) is 3.57 Å². The minimum Gasteiger partial charge on any atom is -0.306 e. The molecule has 0 spiro atoms. The first-order valence-corrected chi connectivity index (χ1v) is 7.26. The Balaban J connectivity index is 2.33. The predicted octanol–water partition coefficient (Wildman–Crippen LogP) is 3.11. The molecule has 0 saturated carbocycles. The van der Waals surface area contributed by atoms with Gasteiger partial charge in [0.1, 0.15) is 0 Å². The molecule has 18 heavy (non-hydrogen) atoms. The van der Waals surface area contributed by atoms with Crippen LogP contribution in [0.1, 0.15) is 30.5 Å². The lowest BCUT2D eigenvalue weighted by Gasteiger charge is -2.19. The van der Waals surface area contributed by atoms with Crippen LogP contribution < -0.4 is 5.32 Å². The maximum atomic E-state index is 4.27. The average molecular weight is 355 g/mol. The van der Waals surface area contributed by atoms with E-state index in [2.05, 4.69) is 70.4 Å². The second-order valence-corrected chi connectivity index (χ2v) is 5.52. The van der Waals surface area contributed by atoms with E-state index < -0.39 is 0 Å². The molecule has 0 bridgehead atoms. The quantitative estimate of drug-likeness (QED) is 0.836. The van der Waals surface area contributed by atoms with Crippen LogP contribution in [0.4, 0.5) is 0 Å². The number of aryl methyl sites for hydroxylation is 1. The average Bonchev–Trinajstić information content (AvgIpc) is 2.78. The monoisotopic (exact) mass is 355 g/mol. The number of nitrogens with one attached hydrogen (secondary N) is 1. The maximum absolute atomic E-state index is 4.27. The Morgan fingerprint density at radius 3 is 2.78 bits per heavy atom. The molecule has 0 aliphatic rings. The zero-order chi connectivity index (χ0) is 13.0. The third kappa shape index (κ3) is 3.11. The van der Waals surface area contributed by atoms with Gasteiger partial charge >= 0.3 is 0 Å². The zero-order valence-electron chi connectivity index (χ0n) is 10.7. The molecule has 4 heteroatoms. The summed E-state index contributed by atoms with van der Waals surface area (Å²) in [4.78, 5) is 0. The molecule has 1 aromatic heterocycles. The maximum Gasteiger partial charge on any atom is 0.0618 e. The fraction of sp³-hybridized carbons (Fsp3) is 0.357. The molecule has 0 radical (unpaired) electrons. The van der Waals surface area contributed by atoms with Crippen LogP contribution in [0.3, 0.4) is 0 Å². The van der Waals surface area contributed by atoms with Crippen molar-refractivity contribution < 1.29 is 0 Å². The Morgan fingerprint density at radius 2 is 2.17 bits per heavy atom. The molecule has 2 rings (SSSR count). The summed E-state index contributed by atoms with van der Waals surface area (Å²) in [5, 5.41) is 7.87. The van der Waals surface area contributed by atoms with Gasteiger partial charge in [-0.25, -0.2) is 0 Å². The number of hydrogen-bond donors (Lipinski definition) is 1. The van der Waals surface area contributed by atoms with Crippen LogP contribution in [0.15, 0.2) is 36.7 Å². The highest BCUT2D eigenvalue weighted by molar-refractivity contribution is 14.1. The Bertz CT molecular complexity index is 507. The topological polar surface area (TPSA) is 29.9 Å².